The number of hydrazone groups is 1. The summed E-state index contributed by atoms with van der Waals surface area (Å²) in [7, 11) is 0. The highest BCUT2D eigenvalue weighted by atomic mass is 35.5. The van der Waals surface area contributed by atoms with Crippen LogP contribution in [0.3, 0.4) is 0 Å². The lowest BCUT2D eigenvalue weighted by molar-refractivity contribution is -0.167. The molecule has 0 aliphatic carbocycles. The van der Waals surface area contributed by atoms with Crippen LogP contribution < -0.4 is 10.7 Å². The van der Waals surface area contributed by atoms with Crippen molar-refractivity contribution in [2.75, 3.05) is 5.32 Å². The highest BCUT2D eigenvalue weighted by molar-refractivity contribution is 7.21. The van der Waals surface area contributed by atoms with E-state index in [-0.39, 0.29) is 5.69 Å². The smallest absolute Gasteiger partial charge is 0.318 e. The van der Waals surface area contributed by atoms with Gasteiger partial charge in [0.05, 0.1) is 10.7 Å². The number of nitrogens with zero attached hydrogens (tertiary/aromatic N) is 1. The third kappa shape index (κ3) is 4.75. The largest absolute Gasteiger partial charge is 0.471 e. The first kappa shape index (κ1) is 20.8. The first-order valence-electron chi connectivity index (χ1n) is 8.17. The van der Waals surface area contributed by atoms with Gasteiger partial charge in [-0.25, -0.2) is 5.43 Å². The van der Waals surface area contributed by atoms with Gasteiger partial charge in [0.15, 0.2) is 0 Å². The van der Waals surface area contributed by atoms with Crippen molar-refractivity contribution in [1.29, 1.82) is 0 Å². The number of carbonyl (C=O) groups is 2. The van der Waals surface area contributed by atoms with E-state index in [0.29, 0.717) is 21.2 Å². The molecule has 5 nitrogen and oxygen atoms in total. The quantitative estimate of drug-likeness (QED) is 0.432. The summed E-state index contributed by atoms with van der Waals surface area (Å²) in [6.45, 7) is 1.62. The van der Waals surface area contributed by atoms with Crippen molar-refractivity contribution < 1.29 is 22.8 Å². The number of hydrogen-bond donors (Lipinski definition) is 2. The molecule has 0 unspecified atom stereocenters. The normalized spacial score (nSPS) is 12.1. The Bertz CT molecular complexity index is 1110. The van der Waals surface area contributed by atoms with Crippen LogP contribution in [0.1, 0.15) is 22.2 Å². The van der Waals surface area contributed by atoms with Crippen LogP contribution in [-0.2, 0) is 4.79 Å². The molecule has 0 atom stereocenters. The fourth-order valence-corrected chi connectivity index (χ4v) is 3.81. The number of alkyl halides is 3. The molecule has 150 valence electrons. The molecule has 1 heterocycles. The Kier molecular flexibility index (Phi) is 5.90. The molecule has 0 radical (unpaired) electrons. The van der Waals surface area contributed by atoms with Crippen molar-refractivity contribution in [3.8, 4) is 0 Å². The summed E-state index contributed by atoms with van der Waals surface area (Å²) < 4.78 is 37.7. The predicted molar refractivity (Wildman–Crippen MR) is 108 cm³/mol. The summed E-state index contributed by atoms with van der Waals surface area (Å²) in [6, 6.07) is 12.9. The fraction of sp³-hybridized carbons (Fsp3) is 0.105. The molecule has 0 aliphatic heterocycles. The Morgan fingerprint density at radius 3 is 2.34 bits per heavy atom. The molecule has 10 heteroatoms. The van der Waals surface area contributed by atoms with Crippen LogP contribution in [-0.4, -0.2) is 23.7 Å². The van der Waals surface area contributed by atoms with Crippen molar-refractivity contribution in [3.05, 3.63) is 64.0 Å². The number of amides is 2. The number of benzene rings is 2. The lowest BCUT2D eigenvalue weighted by Gasteiger charge is -2.08. The average molecular weight is 440 g/mol. The summed E-state index contributed by atoms with van der Waals surface area (Å²) in [5.74, 6) is -2.52. The molecule has 0 saturated heterocycles. The Morgan fingerprint density at radius 2 is 1.72 bits per heavy atom. The Labute approximate surface area is 172 Å². The van der Waals surface area contributed by atoms with Crippen LogP contribution in [0.2, 0.25) is 5.02 Å². The summed E-state index contributed by atoms with van der Waals surface area (Å²) >= 11 is 7.51. The summed E-state index contributed by atoms with van der Waals surface area (Å²) in [4.78, 5) is 23.7. The molecular weight excluding hydrogens is 427 g/mol. The minimum absolute atomic E-state index is 0.00929. The van der Waals surface area contributed by atoms with Crippen molar-refractivity contribution in [1.82, 2.24) is 5.43 Å². The van der Waals surface area contributed by atoms with Crippen molar-refractivity contribution >= 4 is 56.2 Å². The Hall–Kier alpha value is -2.91. The van der Waals surface area contributed by atoms with Crippen molar-refractivity contribution in [3.63, 3.8) is 0 Å². The van der Waals surface area contributed by atoms with Crippen LogP contribution in [0.4, 0.5) is 18.9 Å². The number of thiophene rings is 1. The highest BCUT2D eigenvalue weighted by Gasteiger charge is 2.38. The van der Waals surface area contributed by atoms with Crippen LogP contribution in [0.15, 0.2) is 53.6 Å². The van der Waals surface area contributed by atoms with Gasteiger partial charge in [0.2, 0.25) is 0 Å². The number of halogens is 4. The zero-order chi connectivity index (χ0) is 21.2. The van der Waals surface area contributed by atoms with E-state index in [4.69, 9.17) is 11.6 Å². The molecule has 3 rings (SSSR count). The molecule has 2 amide bonds. The van der Waals surface area contributed by atoms with Gasteiger partial charge in [-0.2, -0.15) is 18.3 Å². The van der Waals surface area contributed by atoms with Gasteiger partial charge in [0.1, 0.15) is 4.88 Å². The van der Waals surface area contributed by atoms with Gasteiger partial charge in [0.25, 0.3) is 5.91 Å². The van der Waals surface area contributed by atoms with E-state index in [1.54, 1.807) is 12.2 Å². The lowest BCUT2D eigenvalue weighted by Crippen LogP contribution is -2.29. The van der Waals surface area contributed by atoms with Crippen molar-refractivity contribution in [2.24, 2.45) is 5.10 Å². The van der Waals surface area contributed by atoms with Gasteiger partial charge in [-0.15, -0.1) is 11.3 Å². The summed E-state index contributed by atoms with van der Waals surface area (Å²) in [5.41, 5.74) is 3.39. The molecule has 0 spiro atoms. The minimum Gasteiger partial charge on any atom is -0.318 e. The highest BCUT2D eigenvalue weighted by Crippen LogP contribution is 2.34. The summed E-state index contributed by atoms with van der Waals surface area (Å²) in [5, 5.41) is 6.89. The minimum atomic E-state index is -4.96. The zero-order valence-corrected chi connectivity index (χ0v) is 16.4. The summed E-state index contributed by atoms with van der Waals surface area (Å²) in [6.07, 6.45) is -4.96. The van der Waals surface area contributed by atoms with Gasteiger partial charge in [0, 0.05) is 15.8 Å². The van der Waals surface area contributed by atoms with Crippen LogP contribution in [0.5, 0.6) is 0 Å². The molecule has 0 aliphatic rings. The van der Waals surface area contributed by atoms with Gasteiger partial charge < -0.3 is 5.32 Å². The third-order valence-electron chi connectivity index (χ3n) is 3.88. The molecule has 29 heavy (non-hydrogen) atoms. The van der Waals surface area contributed by atoms with Crippen LogP contribution in [0, 0.1) is 0 Å². The second-order valence-corrected chi connectivity index (χ2v) is 7.34. The monoisotopic (exact) mass is 439 g/mol. The number of anilines is 1. The van der Waals surface area contributed by atoms with Crippen molar-refractivity contribution in [2.45, 2.75) is 13.1 Å². The molecule has 2 aromatic carbocycles. The van der Waals surface area contributed by atoms with E-state index >= 15 is 0 Å². The van der Waals surface area contributed by atoms with Gasteiger partial charge in [-0.1, -0.05) is 41.9 Å². The maximum Gasteiger partial charge on any atom is 0.471 e. The maximum atomic E-state index is 12.4. The zero-order valence-electron chi connectivity index (χ0n) is 14.8. The third-order valence-corrected chi connectivity index (χ3v) is 5.56. The molecule has 2 N–H and O–H groups in total. The van der Waals surface area contributed by atoms with Gasteiger partial charge in [-0.3, -0.25) is 9.59 Å². The Balaban J connectivity index is 1.70. The number of nitrogens with one attached hydrogen (secondary N) is 2. The standard InChI is InChI=1S/C19H13ClF3N3O2S/c1-10(11-6-8-12(9-7-11)24-18(28)19(21,22)23)25-26-17(27)16-15(20)13-4-2-3-5-14(13)29-16/h2-9H,1H3,(H,24,28)(H,26,27)/b25-10-. The molecule has 0 fully saturated rings. The number of carbonyl (C=O) groups excluding carboxylic acids is 2. The number of hydrogen-bond acceptors (Lipinski definition) is 4. The second-order valence-electron chi connectivity index (χ2n) is 5.91. The van der Waals surface area contributed by atoms with Gasteiger partial charge in [-0.05, 0) is 30.7 Å². The van der Waals surface area contributed by atoms with E-state index in [9.17, 15) is 22.8 Å². The lowest BCUT2D eigenvalue weighted by atomic mass is 10.1. The molecule has 0 saturated carbocycles. The first-order valence-corrected chi connectivity index (χ1v) is 9.36. The van der Waals surface area contributed by atoms with Crippen LogP contribution in [0.25, 0.3) is 10.1 Å². The van der Waals surface area contributed by atoms with E-state index in [1.807, 2.05) is 24.3 Å². The van der Waals surface area contributed by atoms with E-state index in [2.05, 4.69) is 10.5 Å². The molecular formula is C19H13ClF3N3O2S. The predicted octanol–water partition coefficient (Wildman–Crippen LogP) is 5.21. The maximum absolute atomic E-state index is 12.4. The van der Waals surface area contributed by atoms with E-state index in [1.165, 1.54) is 35.6 Å². The second kappa shape index (κ2) is 8.22. The van der Waals surface area contributed by atoms with Gasteiger partial charge >= 0.3 is 12.1 Å². The Morgan fingerprint density at radius 1 is 1.07 bits per heavy atom. The topological polar surface area (TPSA) is 70.6 Å². The van der Waals surface area contributed by atoms with E-state index in [0.717, 1.165) is 10.1 Å². The number of rotatable bonds is 4. The average Bonchev–Trinajstić information content (AvgIpc) is 3.03. The first-order chi connectivity index (χ1) is 13.7. The van der Waals surface area contributed by atoms with Crippen LogP contribution >= 0.6 is 22.9 Å². The molecule has 1 aromatic heterocycles. The fourth-order valence-electron chi connectivity index (χ4n) is 2.41. The SMILES string of the molecule is C/C(=N/NC(=O)c1sc2ccccc2c1Cl)c1ccc(NC(=O)C(F)(F)F)cc1. The molecule has 3 aromatic rings. The van der Waals surface area contributed by atoms with E-state index < -0.39 is 18.0 Å². The number of fused-ring (bicyclic) bond motifs is 1. The molecule has 0 bridgehead atoms.